The second-order valence-electron chi connectivity index (χ2n) is 7.44. The van der Waals surface area contributed by atoms with E-state index in [1.54, 1.807) is 0 Å². The second kappa shape index (κ2) is 8.10. The molecule has 138 valence electrons. The average molecular weight is 371 g/mol. The largest absolute Gasteiger partial charge is 0.391 e. The number of hydrogen-bond acceptors (Lipinski definition) is 3. The molecule has 2 aromatic rings. The van der Waals surface area contributed by atoms with Gasteiger partial charge in [-0.25, -0.2) is 0 Å². The standard InChI is InChI=1S/C22H27ClN2O/c23-15-19(26)16-24-11-13-25(14-12-24)22-20-7-3-1-5-17(20)9-10-18-6-2-4-8-21(18)22/h1-8,19,22,26H,9-16H2. The molecule has 26 heavy (non-hydrogen) atoms. The third-order valence-corrected chi connectivity index (χ3v) is 6.14. The molecule has 4 heteroatoms. The van der Waals surface area contributed by atoms with Crippen molar-refractivity contribution in [1.29, 1.82) is 0 Å². The van der Waals surface area contributed by atoms with Crippen molar-refractivity contribution in [3.63, 3.8) is 0 Å². The Morgan fingerprint density at radius 2 is 1.42 bits per heavy atom. The Kier molecular flexibility index (Phi) is 5.60. The van der Waals surface area contributed by atoms with E-state index in [0.717, 1.165) is 39.0 Å². The number of aliphatic hydroxyl groups is 1. The number of aryl methyl sites for hydroxylation is 2. The van der Waals surface area contributed by atoms with Gasteiger partial charge in [-0.15, -0.1) is 11.6 Å². The van der Waals surface area contributed by atoms with Crippen molar-refractivity contribution < 1.29 is 5.11 Å². The van der Waals surface area contributed by atoms with Crippen LogP contribution in [-0.4, -0.2) is 59.6 Å². The third kappa shape index (κ3) is 3.67. The van der Waals surface area contributed by atoms with Crippen LogP contribution in [0, 0.1) is 0 Å². The number of rotatable bonds is 4. The van der Waals surface area contributed by atoms with Gasteiger partial charge in [-0.3, -0.25) is 9.80 Å². The van der Waals surface area contributed by atoms with Crippen molar-refractivity contribution in [2.24, 2.45) is 0 Å². The average Bonchev–Trinajstić information content (AvgIpc) is 2.85. The van der Waals surface area contributed by atoms with Gasteiger partial charge in [0.15, 0.2) is 0 Å². The molecule has 1 saturated heterocycles. The minimum atomic E-state index is -0.428. The van der Waals surface area contributed by atoms with Crippen LogP contribution in [0.4, 0.5) is 0 Å². The summed E-state index contributed by atoms with van der Waals surface area (Å²) < 4.78 is 0. The van der Waals surface area contributed by atoms with E-state index in [-0.39, 0.29) is 0 Å². The number of aliphatic hydroxyl groups excluding tert-OH is 1. The van der Waals surface area contributed by atoms with E-state index in [2.05, 4.69) is 58.3 Å². The number of nitrogens with zero attached hydrogens (tertiary/aromatic N) is 2. The van der Waals surface area contributed by atoms with Crippen molar-refractivity contribution >= 4 is 11.6 Å². The van der Waals surface area contributed by atoms with Gasteiger partial charge in [0.1, 0.15) is 0 Å². The van der Waals surface area contributed by atoms with Gasteiger partial charge < -0.3 is 5.11 Å². The summed E-state index contributed by atoms with van der Waals surface area (Å²) in [5.41, 5.74) is 5.89. The maximum atomic E-state index is 9.84. The van der Waals surface area contributed by atoms with Crippen LogP contribution >= 0.6 is 11.6 Å². The van der Waals surface area contributed by atoms with Crippen LogP contribution in [-0.2, 0) is 12.8 Å². The van der Waals surface area contributed by atoms with Crippen molar-refractivity contribution in [1.82, 2.24) is 9.80 Å². The molecule has 0 spiro atoms. The minimum Gasteiger partial charge on any atom is -0.391 e. The summed E-state index contributed by atoms with van der Waals surface area (Å²) in [5, 5.41) is 9.84. The first-order valence-electron chi connectivity index (χ1n) is 9.62. The molecule has 4 rings (SSSR count). The van der Waals surface area contributed by atoms with Crippen LogP contribution in [0.15, 0.2) is 48.5 Å². The molecule has 1 unspecified atom stereocenters. The van der Waals surface area contributed by atoms with Crippen LogP contribution in [0.2, 0.25) is 0 Å². The normalized spacial score (nSPS) is 20.2. The Balaban J connectivity index is 1.60. The number of fused-ring (bicyclic) bond motifs is 2. The molecular weight excluding hydrogens is 344 g/mol. The van der Waals surface area contributed by atoms with Crippen molar-refractivity contribution in [2.45, 2.75) is 25.0 Å². The first-order valence-corrected chi connectivity index (χ1v) is 10.2. The summed E-state index contributed by atoms with van der Waals surface area (Å²) in [6.45, 7) is 4.67. The van der Waals surface area contributed by atoms with Gasteiger partial charge in [-0.05, 0) is 35.1 Å². The summed E-state index contributed by atoms with van der Waals surface area (Å²) in [7, 11) is 0. The highest BCUT2D eigenvalue weighted by Crippen LogP contribution is 2.37. The number of hydrogen-bond donors (Lipinski definition) is 1. The van der Waals surface area contributed by atoms with E-state index in [4.69, 9.17) is 11.6 Å². The lowest BCUT2D eigenvalue weighted by Crippen LogP contribution is -2.50. The monoisotopic (exact) mass is 370 g/mol. The quantitative estimate of drug-likeness (QED) is 0.838. The Hall–Kier alpha value is -1.39. The fraction of sp³-hybridized carbons (Fsp3) is 0.455. The first kappa shape index (κ1) is 18.0. The molecule has 1 atom stereocenters. The van der Waals surface area contributed by atoms with Gasteiger partial charge >= 0.3 is 0 Å². The van der Waals surface area contributed by atoms with Gasteiger partial charge in [0.25, 0.3) is 0 Å². The van der Waals surface area contributed by atoms with E-state index in [9.17, 15) is 5.11 Å². The van der Waals surface area contributed by atoms with Gasteiger partial charge in [-0.2, -0.15) is 0 Å². The molecule has 2 aliphatic rings. The molecule has 1 aliphatic heterocycles. The van der Waals surface area contributed by atoms with E-state index in [1.165, 1.54) is 22.3 Å². The van der Waals surface area contributed by atoms with E-state index < -0.39 is 6.10 Å². The molecule has 0 saturated carbocycles. The summed E-state index contributed by atoms with van der Waals surface area (Å²) in [6.07, 6.45) is 1.81. The Morgan fingerprint density at radius 3 is 1.96 bits per heavy atom. The molecule has 0 radical (unpaired) electrons. The first-order chi connectivity index (χ1) is 12.8. The lowest BCUT2D eigenvalue weighted by Gasteiger charge is -2.40. The van der Waals surface area contributed by atoms with Crippen LogP contribution in [0.5, 0.6) is 0 Å². The molecule has 0 amide bonds. The number of alkyl halides is 1. The number of benzene rings is 2. The van der Waals surface area contributed by atoms with Crippen molar-refractivity contribution in [2.75, 3.05) is 38.6 Å². The molecule has 0 bridgehead atoms. The molecule has 1 heterocycles. The Bertz CT molecular complexity index is 695. The molecule has 2 aromatic carbocycles. The molecule has 1 fully saturated rings. The Morgan fingerprint density at radius 1 is 0.885 bits per heavy atom. The number of piperazine rings is 1. The highest BCUT2D eigenvalue weighted by atomic mass is 35.5. The fourth-order valence-electron chi connectivity index (χ4n) is 4.44. The summed E-state index contributed by atoms with van der Waals surface area (Å²) >= 11 is 5.77. The predicted molar refractivity (Wildman–Crippen MR) is 107 cm³/mol. The van der Waals surface area contributed by atoms with Gasteiger partial charge in [-0.1, -0.05) is 48.5 Å². The van der Waals surface area contributed by atoms with Gasteiger partial charge in [0.05, 0.1) is 12.1 Å². The fourth-order valence-corrected chi connectivity index (χ4v) is 4.54. The van der Waals surface area contributed by atoms with E-state index in [0.29, 0.717) is 18.5 Å². The lowest BCUT2D eigenvalue weighted by molar-refractivity contribution is 0.0703. The highest BCUT2D eigenvalue weighted by molar-refractivity contribution is 6.18. The number of halogens is 1. The zero-order chi connectivity index (χ0) is 17.9. The molecule has 1 N–H and O–H groups in total. The highest BCUT2D eigenvalue weighted by Gasteiger charge is 2.31. The number of β-amino-alcohol motifs (C(OH)–C–C–N with tert-alkyl or cyclic N) is 1. The topological polar surface area (TPSA) is 26.7 Å². The maximum absolute atomic E-state index is 9.84. The smallest absolute Gasteiger partial charge is 0.0802 e. The maximum Gasteiger partial charge on any atom is 0.0802 e. The van der Waals surface area contributed by atoms with Crippen molar-refractivity contribution in [3.8, 4) is 0 Å². The molecular formula is C22H27ClN2O. The van der Waals surface area contributed by atoms with Crippen LogP contribution < -0.4 is 0 Å². The SMILES string of the molecule is OC(CCl)CN1CCN(C2c3ccccc3CCc3ccccc32)CC1. The van der Waals surface area contributed by atoms with Crippen molar-refractivity contribution in [3.05, 3.63) is 70.8 Å². The van der Waals surface area contributed by atoms with E-state index in [1.807, 2.05) is 0 Å². The van der Waals surface area contributed by atoms with Crippen LogP contribution in [0.25, 0.3) is 0 Å². The minimum absolute atomic E-state index is 0.309. The lowest BCUT2D eigenvalue weighted by atomic mass is 9.92. The van der Waals surface area contributed by atoms with Crippen LogP contribution in [0.3, 0.4) is 0 Å². The predicted octanol–water partition coefficient (Wildman–Crippen LogP) is 3.09. The molecule has 0 aromatic heterocycles. The summed E-state index contributed by atoms with van der Waals surface area (Å²) in [4.78, 5) is 4.95. The summed E-state index contributed by atoms with van der Waals surface area (Å²) in [5.74, 6) is 0.309. The molecule has 3 nitrogen and oxygen atoms in total. The Labute approximate surface area is 161 Å². The summed E-state index contributed by atoms with van der Waals surface area (Å²) in [6, 6.07) is 18.2. The zero-order valence-corrected chi connectivity index (χ0v) is 15.9. The van der Waals surface area contributed by atoms with Crippen LogP contribution in [0.1, 0.15) is 28.3 Å². The van der Waals surface area contributed by atoms with Gasteiger partial charge in [0, 0.05) is 38.6 Å². The van der Waals surface area contributed by atoms with E-state index >= 15 is 0 Å². The van der Waals surface area contributed by atoms with Gasteiger partial charge in [0.2, 0.25) is 0 Å². The second-order valence-corrected chi connectivity index (χ2v) is 7.75. The third-order valence-electron chi connectivity index (χ3n) is 5.78. The molecule has 1 aliphatic carbocycles. The zero-order valence-electron chi connectivity index (χ0n) is 15.1.